The second-order valence-corrected chi connectivity index (χ2v) is 6.43. The van der Waals surface area contributed by atoms with Gasteiger partial charge in [0.15, 0.2) is 5.82 Å². The zero-order valence-corrected chi connectivity index (χ0v) is 12.9. The van der Waals surface area contributed by atoms with Gasteiger partial charge in [-0.3, -0.25) is 9.78 Å². The lowest BCUT2D eigenvalue weighted by Crippen LogP contribution is -2.10. The van der Waals surface area contributed by atoms with E-state index < -0.39 is 0 Å². The fraction of sp³-hybridized carbons (Fsp3) is 0.533. The van der Waals surface area contributed by atoms with Crippen molar-refractivity contribution >= 4 is 17.4 Å². The van der Waals surface area contributed by atoms with E-state index >= 15 is 0 Å². The van der Waals surface area contributed by atoms with Crippen LogP contribution in [-0.4, -0.2) is 26.5 Å². The van der Waals surface area contributed by atoms with Gasteiger partial charge in [0.05, 0.1) is 10.7 Å². The SMILES string of the molecule is N#Cc1c(NCC2CC2)n[nH]c1-c1nn2c(c1Cl)CCCC2. The molecule has 2 N–H and O–H groups in total. The molecule has 2 aliphatic rings. The molecule has 2 aromatic rings. The van der Waals surface area contributed by atoms with Gasteiger partial charge in [-0.1, -0.05) is 11.6 Å². The first-order valence-electron chi connectivity index (χ1n) is 7.76. The number of nitrogens with zero attached hydrogens (tertiary/aromatic N) is 4. The van der Waals surface area contributed by atoms with Gasteiger partial charge in [0, 0.05) is 13.1 Å². The number of rotatable bonds is 4. The minimum atomic E-state index is 0.498. The molecule has 6 nitrogen and oxygen atoms in total. The molecule has 0 unspecified atom stereocenters. The number of fused-ring (bicyclic) bond motifs is 1. The fourth-order valence-corrected chi connectivity index (χ4v) is 3.25. The van der Waals surface area contributed by atoms with E-state index in [9.17, 15) is 5.26 Å². The number of halogens is 1. The second kappa shape index (κ2) is 5.33. The van der Waals surface area contributed by atoms with Crippen molar-refractivity contribution in [2.24, 2.45) is 5.92 Å². The monoisotopic (exact) mass is 316 g/mol. The van der Waals surface area contributed by atoms with Crippen LogP contribution in [0.15, 0.2) is 0 Å². The zero-order chi connectivity index (χ0) is 15.1. The molecule has 0 atom stereocenters. The third-order valence-electron chi connectivity index (χ3n) is 4.40. The highest BCUT2D eigenvalue weighted by molar-refractivity contribution is 6.33. The van der Waals surface area contributed by atoms with E-state index in [1.165, 1.54) is 12.8 Å². The maximum absolute atomic E-state index is 9.50. The van der Waals surface area contributed by atoms with E-state index in [2.05, 4.69) is 26.7 Å². The number of hydrogen-bond acceptors (Lipinski definition) is 4. The standard InChI is InChI=1S/C15H17ClN6/c16-12-11-3-1-2-6-22(11)21-14(12)13-10(7-17)15(20-19-13)18-8-9-4-5-9/h9H,1-6,8H2,(H2,18,19,20). The lowest BCUT2D eigenvalue weighted by molar-refractivity contribution is 0.487. The van der Waals surface area contributed by atoms with Crippen LogP contribution >= 0.6 is 11.6 Å². The van der Waals surface area contributed by atoms with E-state index in [0.717, 1.165) is 44.0 Å². The van der Waals surface area contributed by atoms with Crippen molar-refractivity contribution in [1.82, 2.24) is 20.0 Å². The van der Waals surface area contributed by atoms with Gasteiger partial charge >= 0.3 is 0 Å². The Balaban J connectivity index is 1.70. The highest BCUT2D eigenvalue weighted by Crippen LogP contribution is 2.35. The summed E-state index contributed by atoms with van der Waals surface area (Å²) in [5, 5.41) is 25.2. The van der Waals surface area contributed by atoms with Crippen LogP contribution in [0.3, 0.4) is 0 Å². The molecule has 0 amide bonds. The number of nitriles is 1. The topological polar surface area (TPSA) is 82.3 Å². The van der Waals surface area contributed by atoms with Gasteiger partial charge in [-0.15, -0.1) is 0 Å². The Labute approximate surface area is 133 Å². The summed E-state index contributed by atoms with van der Waals surface area (Å²) < 4.78 is 1.96. The van der Waals surface area contributed by atoms with E-state index in [1.54, 1.807) is 0 Å². The second-order valence-electron chi connectivity index (χ2n) is 6.05. The van der Waals surface area contributed by atoms with Crippen LogP contribution in [0.5, 0.6) is 0 Å². The molecular formula is C15H17ClN6. The third-order valence-corrected chi connectivity index (χ3v) is 4.79. The van der Waals surface area contributed by atoms with Gasteiger partial charge in [0.25, 0.3) is 0 Å². The summed E-state index contributed by atoms with van der Waals surface area (Å²) in [6, 6.07) is 2.23. The van der Waals surface area contributed by atoms with Gasteiger partial charge in [-0.05, 0) is 38.0 Å². The summed E-state index contributed by atoms with van der Waals surface area (Å²) in [6.07, 6.45) is 5.70. The number of anilines is 1. The van der Waals surface area contributed by atoms with E-state index in [4.69, 9.17) is 11.6 Å². The molecule has 0 radical (unpaired) electrons. The van der Waals surface area contributed by atoms with Crippen molar-refractivity contribution < 1.29 is 0 Å². The van der Waals surface area contributed by atoms with Crippen molar-refractivity contribution in [3.63, 3.8) is 0 Å². The zero-order valence-electron chi connectivity index (χ0n) is 12.2. The van der Waals surface area contributed by atoms with Crippen LogP contribution in [0.1, 0.15) is 36.9 Å². The fourth-order valence-electron chi connectivity index (χ4n) is 2.93. The lowest BCUT2D eigenvalue weighted by atomic mass is 10.1. The molecular weight excluding hydrogens is 300 g/mol. The first-order valence-corrected chi connectivity index (χ1v) is 8.13. The number of aromatic nitrogens is 4. The third kappa shape index (κ3) is 2.26. The first-order chi connectivity index (χ1) is 10.8. The van der Waals surface area contributed by atoms with Crippen molar-refractivity contribution in [3.05, 3.63) is 16.3 Å². The predicted molar refractivity (Wildman–Crippen MR) is 83.7 cm³/mol. The van der Waals surface area contributed by atoms with Gasteiger partial charge < -0.3 is 5.32 Å². The molecule has 2 aromatic heterocycles. The summed E-state index contributed by atoms with van der Waals surface area (Å²) in [5.74, 6) is 1.32. The molecule has 22 heavy (non-hydrogen) atoms. The van der Waals surface area contributed by atoms with Gasteiger partial charge in [-0.25, -0.2) is 0 Å². The van der Waals surface area contributed by atoms with Crippen LogP contribution in [0.4, 0.5) is 5.82 Å². The normalized spacial score (nSPS) is 17.1. The number of H-pyrrole nitrogens is 1. The summed E-state index contributed by atoms with van der Waals surface area (Å²) in [5.41, 5.74) is 2.82. The summed E-state index contributed by atoms with van der Waals surface area (Å²) >= 11 is 6.49. The minimum Gasteiger partial charge on any atom is -0.367 e. The Bertz CT molecular complexity index is 749. The number of aryl methyl sites for hydroxylation is 1. The highest BCUT2D eigenvalue weighted by Gasteiger charge is 2.26. The molecule has 1 aliphatic heterocycles. The van der Waals surface area contributed by atoms with E-state index in [-0.39, 0.29) is 0 Å². The Hall–Kier alpha value is -2.00. The van der Waals surface area contributed by atoms with Crippen LogP contribution in [0, 0.1) is 17.2 Å². The van der Waals surface area contributed by atoms with Crippen LogP contribution in [0.25, 0.3) is 11.4 Å². The smallest absolute Gasteiger partial charge is 0.166 e. The van der Waals surface area contributed by atoms with Crippen LogP contribution < -0.4 is 5.32 Å². The Morgan fingerprint density at radius 3 is 3.00 bits per heavy atom. The molecule has 0 saturated heterocycles. The average molecular weight is 317 g/mol. The van der Waals surface area contributed by atoms with Crippen molar-refractivity contribution in [2.45, 2.75) is 38.6 Å². The average Bonchev–Trinajstić information content (AvgIpc) is 3.20. The Kier molecular flexibility index (Phi) is 3.30. The molecule has 1 aliphatic carbocycles. The molecule has 4 rings (SSSR count). The maximum atomic E-state index is 9.50. The summed E-state index contributed by atoms with van der Waals surface area (Å²) in [4.78, 5) is 0. The van der Waals surface area contributed by atoms with Crippen molar-refractivity contribution in [2.75, 3.05) is 11.9 Å². The molecule has 114 valence electrons. The van der Waals surface area contributed by atoms with Crippen LogP contribution in [-0.2, 0) is 13.0 Å². The molecule has 0 aromatic carbocycles. The molecule has 0 bridgehead atoms. The van der Waals surface area contributed by atoms with Gasteiger partial charge in [0.2, 0.25) is 0 Å². The lowest BCUT2D eigenvalue weighted by Gasteiger charge is -2.12. The molecule has 0 spiro atoms. The minimum absolute atomic E-state index is 0.498. The molecule has 1 fully saturated rings. The molecule has 7 heteroatoms. The quantitative estimate of drug-likeness (QED) is 0.908. The van der Waals surface area contributed by atoms with E-state index in [0.29, 0.717) is 27.8 Å². The summed E-state index contributed by atoms with van der Waals surface area (Å²) in [7, 11) is 0. The van der Waals surface area contributed by atoms with Crippen molar-refractivity contribution in [3.8, 4) is 17.5 Å². The first kappa shape index (κ1) is 13.6. The number of aromatic amines is 1. The Morgan fingerprint density at radius 1 is 1.41 bits per heavy atom. The van der Waals surface area contributed by atoms with Crippen molar-refractivity contribution in [1.29, 1.82) is 5.26 Å². The molecule has 3 heterocycles. The largest absolute Gasteiger partial charge is 0.367 e. The predicted octanol–water partition coefficient (Wildman–Crippen LogP) is 2.96. The Morgan fingerprint density at radius 2 is 2.27 bits per heavy atom. The molecule has 1 saturated carbocycles. The highest BCUT2D eigenvalue weighted by atomic mass is 35.5. The van der Waals surface area contributed by atoms with Crippen LogP contribution in [0.2, 0.25) is 5.02 Å². The number of nitrogens with one attached hydrogen (secondary N) is 2. The van der Waals surface area contributed by atoms with Gasteiger partial charge in [0.1, 0.15) is 23.0 Å². The van der Waals surface area contributed by atoms with E-state index in [1.807, 2.05) is 4.68 Å². The summed E-state index contributed by atoms with van der Waals surface area (Å²) in [6.45, 7) is 1.75. The van der Waals surface area contributed by atoms with Gasteiger partial charge in [-0.2, -0.15) is 15.5 Å². The number of hydrogen-bond donors (Lipinski definition) is 2. The maximum Gasteiger partial charge on any atom is 0.166 e.